The number of nitrogens with zero attached hydrogens (tertiary/aromatic N) is 1. The second kappa shape index (κ2) is 6.19. The highest BCUT2D eigenvalue weighted by Gasteiger charge is 2.11. The molecule has 0 aliphatic heterocycles. The van der Waals surface area contributed by atoms with Crippen LogP contribution in [-0.2, 0) is 11.3 Å². The molecule has 0 radical (unpaired) electrons. The van der Waals surface area contributed by atoms with Crippen molar-refractivity contribution in [2.75, 3.05) is 11.9 Å². The van der Waals surface area contributed by atoms with Crippen LogP contribution in [-0.4, -0.2) is 17.7 Å². The number of rotatable bonds is 5. The second-order valence-corrected chi connectivity index (χ2v) is 5.95. The Kier molecular flexibility index (Phi) is 4.11. The van der Waals surface area contributed by atoms with E-state index in [-0.39, 0.29) is 5.97 Å². The van der Waals surface area contributed by atoms with E-state index in [0.717, 1.165) is 27.2 Å². The van der Waals surface area contributed by atoms with Gasteiger partial charge in [0.15, 0.2) is 0 Å². The standard InChI is InChI=1S/C16H16N2O3S/c1-3-20-16(19)15-8-11-7-12(4-5-14(11)22-15)17-9-13-6-10(2)21-18-13/h4-8,17H,3,9H2,1-2H3. The summed E-state index contributed by atoms with van der Waals surface area (Å²) in [5.41, 5.74) is 1.83. The largest absolute Gasteiger partial charge is 0.462 e. The normalized spacial score (nSPS) is 10.8. The van der Waals surface area contributed by atoms with Gasteiger partial charge in [-0.15, -0.1) is 11.3 Å². The summed E-state index contributed by atoms with van der Waals surface area (Å²) >= 11 is 1.44. The number of esters is 1. The highest BCUT2D eigenvalue weighted by molar-refractivity contribution is 7.20. The number of aryl methyl sites for hydroxylation is 1. The van der Waals surface area contributed by atoms with Crippen molar-refractivity contribution in [2.24, 2.45) is 0 Å². The van der Waals surface area contributed by atoms with Gasteiger partial charge >= 0.3 is 5.97 Å². The summed E-state index contributed by atoms with van der Waals surface area (Å²) in [6.45, 7) is 4.65. The first-order valence-electron chi connectivity index (χ1n) is 7.02. The summed E-state index contributed by atoms with van der Waals surface area (Å²) in [4.78, 5) is 12.4. The first kappa shape index (κ1) is 14.6. The number of carbonyl (C=O) groups is 1. The van der Waals surface area contributed by atoms with Crippen LogP contribution in [0.2, 0.25) is 0 Å². The van der Waals surface area contributed by atoms with Gasteiger partial charge in [0.2, 0.25) is 0 Å². The molecule has 3 aromatic rings. The zero-order valence-electron chi connectivity index (χ0n) is 12.4. The first-order valence-corrected chi connectivity index (χ1v) is 7.84. The van der Waals surface area contributed by atoms with Gasteiger partial charge in [-0.2, -0.15) is 0 Å². The van der Waals surface area contributed by atoms with Crippen molar-refractivity contribution in [1.82, 2.24) is 5.16 Å². The number of anilines is 1. The van der Waals surface area contributed by atoms with E-state index in [1.54, 1.807) is 6.92 Å². The van der Waals surface area contributed by atoms with Gasteiger partial charge in [0, 0.05) is 16.5 Å². The van der Waals surface area contributed by atoms with Gasteiger partial charge in [0.25, 0.3) is 0 Å². The maximum Gasteiger partial charge on any atom is 0.348 e. The van der Waals surface area contributed by atoms with Crippen LogP contribution in [0.5, 0.6) is 0 Å². The molecule has 0 atom stereocenters. The highest BCUT2D eigenvalue weighted by Crippen LogP contribution is 2.28. The second-order valence-electron chi connectivity index (χ2n) is 4.87. The topological polar surface area (TPSA) is 64.4 Å². The minimum atomic E-state index is -0.267. The fraction of sp³-hybridized carbons (Fsp3) is 0.250. The molecule has 0 saturated carbocycles. The SMILES string of the molecule is CCOC(=O)c1cc2cc(NCc3cc(C)on3)ccc2s1. The van der Waals surface area contributed by atoms with Gasteiger partial charge in [0.05, 0.1) is 13.2 Å². The predicted octanol–water partition coefficient (Wildman–Crippen LogP) is 3.99. The monoisotopic (exact) mass is 316 g/mol. The molecular formula is C16H16N2O3S. The van der Waals surface area contributed by atoms with Crippen LogP contribution in [0.1, 0.15) is 28.0 Å². The third-order valence-electron chi connectivity index (χ3n) is 3.14. The fourth-order valence-corrected chi connectivity index (χ4v) is 3.09. The lowest BCUT2D eigenvalue weighted by Gasteiger charge is -2.03. The van der Waals surface area contributed by atoms with Gasteiger partial charge in [-0.1, -0.05) is 5.16 Å². The molecule has 0 fully saturated rings. The molecule has 0 spiro atoms. The summed E-state index contributed by atoms with van der Waals surface area (Å²) in [6, 6.07) is 9.76. The quantitative estimate of drug-likeness (QED) is 0.721. The van der Waals surface area contributed by atoms with Crippen LogP contribution in [0.4, 0.5) is 5.69 Å². The average molecular weight is 316 g/mol. The molecule has 0 aliphatic rings. The van der Waals surface area contributed by atoms with Gasteiger partial charge in [-0.25, -0.2) is 4.79 Å². The van der Waals surface area contributed by atoms with Crippen molar-refractivity contribution in [3.8, 4) is 0 Å². The van der Waals surface area contributed by atoms with E-state index in [4.69, 9.17) is 9.26 Å². The van der Waals surface area contributed by atoms with E-state index in [1.165, 1.54) is 11.3 Å². The molecule has 1 aromatic carbocycles. The Morgan fingerprint density at radius 3 is 2.95 bits per heavy atom. The minimum absolute atomic E-state index is 0.267. The van der Waals surface area contributed by atoms with Crippen LogP contribution in [0.15, 0.2) is 34.9 Å². The van der Waals surface area contributed by atoms with Crippen molar-refractivity contribution in [1.29, 1.82) is 0 Å². The van der Waals surface area contributed by atoms with Crippen LogP contribution < -0.4 is 5.32 Å². The van der Waals surface area contributed by atoms with Crippen molar-refractivity contribution < 1.29 is 14.1 Å². The van der Waals surface area contributed by atoms with Gasteiger partial charge < -0.3 is 14.6 Å². The lowest BCUT2D eigenvalue weighted by Crippen LogP contribution is -2.01. The Labute approximate surface area is 131 Å². The summed E-state index contributed by atoms with van der Waals surface area (Å²) in [5, 5.41) is 8.26. The number of hydrogen-bond acceptors (Lipinski definition) is 6. The lowest BCUT2D eigenvalue weighted by atomic mass is 10.2. The number of ether oxygens (including phenoxy) is 1. The van der Waals surface area contributed by atoms with E-state index in [0.29, 0.717) is 18.0 Å². The number of benzene rings is 1. The zero-order chi connectivity index (χ0) is 15.5. The number of thiophene rings is 1. The number of carbonyl (C=O) groups excluding carboxylic acids is 1. The molecule has 2 heterocycles. The Morgan fingerprint density at radius 1 is 1.36 bits per heavy atom. The number of aromatic nitrogens is 1. The molecule has 6 heteroatoms. The number of hydrogen-bond donors (Lipinski definition) is 1. The van der Waals surface area contributed by atoms with Crippen molar-refractivity contribution in [3.05, 3.63) is 46.7 Å². The van der Waals surface area contributed by atoms with E-state index in [2.05, 4.69) is 10.5 Å². The molecule has 1 N–H and O–H groups in total. The average Bonchev–Trinajstić information content (AvgIpc) is 3.10. The van der Waals surface area contributed by atoms with Crippen LogP contribution in [0.3, 0.4) is 0 Å². The Bertz CT molecular complexity index is 807. The predicted molar refractivity (Wildman–Crippen MR) is 86.3 cm³/mol. The van der Waals surface area contributed by atoms with Gasteiger partial charge in [-0.3, -0.25) is 0 Å². The van der Waals surface area contributed by atoms with Crippen molar-refractivity contribution >= 4 is 33.1 Å². The molecule has 22 heavy (non-hydrogen) atoms. The third kappa shape index (κ3) is 3.12. The fourth-order valence-electron chi connectivity index (χ4n) is 2.15. The molecule has 5 nitrogen and oxygen atoms in total. The highest BCUT2D eigenvalue weighted by atomic mass is 32.1. The molecule has 0 aliphatic carbocycles. The number of fused-ring (bicyclic) bond motifs is 1. The third-order valence-corrected chi connectivity index (χ3v) is 4.24. The summed E-state index contributed by atoms with van der Waals surface area (Å²) in [6.07, 6.45) is 0. The Balaban J connectivity index is 1.76. The Morgan fingerprint density at radius 2 is 2.23 bits per heavy atom. The van der Waals surface area contributed by atoms with E-state index < -0.39 is 0 Å². The van der Waals surface area contributed by atoms with Gasteiger partial charge in [-0.05, 0) is 43.5 Å². The summed E-state index contributed by atoms with van der Waals surface area (Å²) in [5.74, 6) is 0.528. The van der Waals surface area contributed by atoms with Crippen LogP contribution in [0.25, 0.3) is 10.1 Å². The summed E-state index contributed by atoms with van der Waals surface area (Å²) < 4.78 is 11.1. The molecule has 0 amide bonds. The van der Waals surface area contributed by atoms with Crippen molar-refractivity contribution in [2.45, 2.75) is 20.4 Å². The molecule has 0 saturated heterocycles. The molecule has 0 unspecified atom stereocenters. The van der Waals surface area contributed by atoms with E-state index in [1.807, 2.05) is 37.3 Å². The smallest absolute Gasteiger partial charge is 0.348 e. The summed E-state index contributed by atoms with van der Waals surface area (Å²) in [7, 11) is 0. The van der Waals surface area contributed by atoms with E-state index in [9.17, 15) is 4.79 Å². The van der Waals surface area contributed by atoms with E-state index >= 15 is 0 Å². The van der Waals surface area contributed by atoms with Crippen LogP contribution >= 0.6 is 11.3 Å². The molecular weight excluding hydrogens is 300 g/mol. The zero-order valence-corrected chi connectivity index (χ0v) is 13.2. The Hall–Kier alpha value is -2.34. The molecule has 3 rings (SSSR count). The molecule has 114 valence electrons. The molecule has 0 bridgehead atoms. The minimum Gasteiger partial charge on any atom is -0.462 e. The van der Waals surface area contributed by atoms with Crippen LogP contribution in [0, 0.1) is 6.92 Å². The van der Waals surface area contributed by atoms with Gasteiger partial charge in [0.1, 0.15) is 16.3 Å². The first-order chi connectivity index (χ1) is 10.7. The maximum absolute atomic E-state index is 11.8. The van der Waals surface area contributed by atoms with Crippen molar-refractivity contribution in [3.63, 3.8) is 0 Å². The maximum atomic E-state index is 11.8. The lowest BCUT2D eigenvalue weighted by molar-refractivity contribution is 0.0532. The molecule has 2 aromatic heterocycles. The number of nitrogens with one attached hydrogen (secondary N) is 1.